The van der Waals surface area contributed by atoms with Gasteiger partial charge in [-0.2, -0.15) is 0 Å². The maximum atomic E-state index is 12.0. The van der Waals surface area contributed by atoms with Crippen molar-refractivity contribution in [1.29, 1.82) is 0 Å². The summed E-state index contributed by atoms with van der Waals surface area (Å²) < 4.78 is 5.62. The summed E-state index contributed by atoms with van der Waals surface area (Å²) in [6.07, 6.45) is 1.89. The van der Waals surface area contributed by atoms with E-state index in [4.69, 9.17) is 9.84 Å². The third-order valence-electron chi connectivity index (χ3n) is 3.63. The van der Waals surface area contributed by atoms with Crippen LogP contribution < -0.4 is 5.32 Å². The molecule has 2 N–H and O–H groups in total. The second kappa shape index (κ2) is 6.26. The molecule has 1 unspecified atom stereocenters. The van der Waals surface area contributed by atoms with Crippen LogP contribution in [0.1, 0.15) is 42.6 Å². The van der Waals surface area contributed by atoms with Crippen LogP contribution in [0.2, 0.25) is 0 Å². The van der Waals surface area contributed by atoms with Crippen LogP contribution in [-0.2, 0) is 16.0 Å². The van der Waals surface area contributed by atoms with E-state index >= 15 is 0 Å². The first-order chi connectivity index (χ1) is 9.85. The molecule has 1 aromatic rings. The number of rotatable bonds is 4. The Morgan fingerprint density at radius 3 is 2.57 bits per heavy atom. The Labute approximate surface area is 124 Å². The normalized spacial score (nSPS) is 20.8. The van der Waals surface area contributed by atoms with E-state index in [1.165, 1.54) is 12.1 Å². The zero-order valence-electron chi connectivity index (χ0n) is 12.4. The van der Waals surface area contributed by atoms with Crippen LogP contribution in [0, 0.1) is 0 Å². The first kappa shape index (κ1) is 15.5. The van der Waals surface area contributed by atoms with Crippen molar-refractivity contribution in [3.8, 4) is 0 Å². The van der Waals surface area contributed by atoms with Crippen molar-refractivity contribution in [1.82, 2.24) is 5.32 Å². The van der Waals surface area contributed by atoms with Gasteiger partial charge >= 0.3 is 5.97 Å². The number of aromatic carboxylic acids is 1. The van der Waals surface area contributed by atoms with E-state index in [1.807, 2.05) is 13.8 Å². The summed E-state index contributed by atoms with van der Waals surface area (Å²) in [7, 11) is 0. The van der Waals surface area contributed by atoms with Gasteiger partial charge in [-0.15, -0.1) is 0 Å². The lowest BCUT2D eigenvalue weighted by Gasteiger charge is -2.35. The smallest absolute Gasteiger partial charge is 0.335 e. The number of carbonyl (C=O) groups is 2. The highest BCUT2D eigenvalue weighted by Gasteiger charge is 2.29. The van der Waals surface area contributed by atoms with Crippen molar-refractivity contribution in [3.05, 3.63) is 35.4 Å². The van der Waals surface area contributed by atoms with E-state index in [0.29, 0.717) is 6.61 Å². The van der Waals surface area contributed by atoms with Gasteiger partial charge in [0.25, 0.3) is 0 Å². The highest BCUT2D eigenvalue weighted by Crippen LogP contribution is 2.23. The summed E-state index contributed by atoms with van der Waals surface area (Å²) in [5.74, 6) is -1.00. The van der Waals surface area contributed by atoms with Crippen molar-refractivity contribution >= 4 is 11.9 Å². The number of benzene rings is 1. The Bertz CT molecular complexity index is 522. The highest BCUT2D eigenvalue weighted by atomic mass is 16.5. The minimum absolute atomic E-state index is 0.0409. The fourth-order valence-corrected chi connectivity index (χ4v) is 2.58. The number of carboxylic acid groups (broad SMARTS) is 1. The monoisotopic (exact) mass is 291 g/mol. The summed E-state index contributed by atoms with van der Waals surface area (Å²) in [6.45, 7) is 4.71. The predicted octanol–water partition coefficient (Wildman–Crippen LogP) is 2.00. The van der Waals surface area contributed by atoms with Crippen LogP contribution in [0.25, 0.3) is 0 Å². The molecule has 2 rings (SSSR count). The average Bonchev–Trinajstić information content (AvgIpc) is 2.37. The van der Waals surface area contributed by atoms with Gasteiger partial charge in [0.1, 0.15) is 0 Å². The second-order valence-corrected chi connectivity index (χ2v) is 6.04. The fourth-order valence-electron chi connectivity index (χ4n) is 2.58. The van der Waals surface area contributed by atoms with Gasteiger partial charge < -0.3 is 15.2 Å². The average molecular weight is 291 g/mol. The highest BCUT2D eigenvalue weighted by molar-refractivity contribution is 5.87. The summed E-state index contributed by atoms with van der Waals surface area (Å²) >= 11 is 0. The summed E-state index contributed by atoms with van der Waals surface area (Å²) in [4.78, 5) is 22.8. The molecule has 21 heavy (non-hydrogen) atoms. The number of ether oxygens (including phenoxy) is 1. The molecule has 5 nitrogen and oxygen atoms in total. The number of hydrogen-bond acceptors (Lipinski definition) is 3. The molecule has 1 fully saturated rings. The first-order valence-electron chi connectivity index (χ1n) is 7.11. The molecule has 1 aromatic carbocycles. The zero-order valence-corrected chi connectivity index (χ0v) is 12.4. The SMILES string of the molecule is CC1(C)CC(NC(=O)Cc2ccc(C(=O)O)cc2)CCO1. The van der Waals surface area contributed by atoms with Gasteiger partial charge in [-0.3, -0.25) is 4.79 Å². The molecule has 0 saturated carbocycles. The van der Waals surface area contributed by atoms with Crippen LogP contribution >= 0.6 is 0 Å². The molecule has 114 valence electrons. The van der Waals surface area contributed by atoms with Gasteiger partial charge in [-0.05, 0) is 44.4 Å². The number of carbonyl (C=O) groups excluding carboxylic acids is 1. The molecule has 0 aliphatic carbocycles. The van der Waals surface area contributed by atoms with E-state index in [0.717, 1.165) is 18.4 Å². The largest absolute Gasteiger partial charge is 0.478 e. The van der Waals surface area contributed by atoms with Crippen LogP contribution in [0.5, 0.6) is 0 Å². The van der Waals surface area contributed by atoms with E-state index in [9.17, 15) is 9.59 Å². The molecule has 0 aromatic heterocycles. The van der Waals surface area contributed by atoms with Gasteiger partial charge in [0.15, 0.2) is 0 Å². The molecule has 1 atom stereocenters. The van der Waals surface area contributed by atoms with E-state index < -0.39 is 5.97 Å². The Kier molecular flexibility index (Phi) is 4.63. The van der Waals surface area contributed by atoms with Crippen LogP contribution in [0.3, 0.4) is 0 Å². The molecule has 0 spiro atoms. The Hall–Kier alpha value is -1.88. The third-order valence-corrected chi connectivity index (χ3v) is 3.63. The van der Waals surface area contributed by atoms with E-state index in [1.54, 1.807) is 12.1 Å². The van der Waals surface area contributed by atoms with Gasteiger partial charge in [-0.25, -0.2) is 4.79 Å². The Morgan fingerprint density at radius 1 is 1.33 bits per heavy atom. The molecule has 1 aliphatic heterocycles. The molecule has 0 bridgehead atoms. The van der Waals surface area contributed by atoms with E-state index in [-0.39, 0.29) is 29.5 Å². The van der Waals surface area contributed by atoms with Crippen molar-refractivity contribution in [2.45, 2.75) is 44.8 Å². The molecule has 5 heteroatoms. The molecular weight excluding hydrogens is 270 g/mol. The molecule has 0 radical (unpaired) electrons. The van der Waals surface area contributed by atoms with Crippen LogP contribution in [0.15, 0.2) is 24.3 Å². The summed E-state index contributed by atoms with van der Waals surface area (Å²) in [6, 6.07) is 6.53. The van der Waals surface area contributed by atoms with Crippen molar-refractivity contribution in [3.63, 3.8) is 0 Å². The van der Waals surface area contributed by atoms with Gasteiger partial charge in [-0.1, -0.05) is 12.1 Å². The van der Waals surface area contributed by atoms with Crippen LogP contribution in [-0.4, -0.2) is 35.2 Å². The molecular formula is C16H21NO4. The lowest BCUT2D eigenvalue weighted by Crippen LogP contribution is -2.46. The predicted molar refractivity (Wildman–Crippen MR) is 78.3 cm³/mol. The quantitative estimate of drug-likeness (QED) is 0.889. The molecule has 1 saturated heterocycles. The topological polar surface area (TPSA) is 75.6 Å². The number of hydrogen-bond donors (Lipinski definition) is 2. The minimum atomic E-state index is -0.963. The van der Waals surface area contributed by atoms with Crippen molar-refractivity contribution in [2.24, 2.45) is 0 Å². The number of carboxylic acids is 1. The summed E-state index contributed by atoms with van der Waals surface area (Å²) in [5, 5.41) is 11.9. The lowest BCUT2D eigenvalue weighted by atomic mass is 9.94. The maximum absolute atomic E-state index is 12.0. The maximum Gasteiger partial charge on any atom is 0.335 e. The van der Waals surface area contributed by atoms with Crippen molar-refractivity contribution < 1.29 is 19.4 Å². The molecule has 1 amide bonds. The third kappa shape index (κ3) is 4.56. The molecule has 1 heterocycles. The van der Waals surface area contributed by atoms with Gasteiger partial charge in [0.2, 0.25) is 5.91 Å². The first-order valence-corrected chi connectivity index (χ1v) is 7.11. The van der Waals surface area contributed by atoms with Gasteiger partial charge in [0.05, 0.1) is 17.6 Å². The Morgan fingerprint density at radius 2 is 2.00 bits per heavy atom. The molecule has 1 aliphatic rings. The standard InChI is InChI=1S/C16H21NO4/c1-16(2)10-13(7-8-21-16)17-14(18)9-11-3-5-12(6-4-11)15(19)20/h3-6,13H,7-10H2,1-2H3,(H,17,18)(H,19,20). The Balaban J connectivity index is 1.88. The number of amides is 1. The second-order valence-electron chi connectivity index (χ2n) is 6.04. The van der Waals surface area contributed by atoms with Gasteiger partial charge in [0, 0.05) is 12.6 Å². The number of nitrogens with one attached hydrogen (secondary N) is 1. The summed E-state index contributed by atoms with van der Waals surface area (Å²) in [5.41, 5.74) is 0.841. The van der Waals surface area contributed by atoms with Crippen LogP contribution in [0.4, 0.5) is 0 Å². The van der Waals surface area contributed by atoms with E-state index in [2.05, 4.69) is 5.32 Å². The fraction of sp³-hybridized carbons (Fsp3) is 0.500. The van der Waals surface area contributed by atoms with Crippen molar-refractivity contribution in [2.75, 3.05) is 6.61 Å². The zero-order chi connectivity index (χ0) is 15.5. The lowest BCUT2D eigenvalue weighted by molar-refractivity contribution is -0.123. The minimum Gasteiger partial charge on any atom is -0.478 e.